The molecule has 0 bridgehead atoms. The van der Waals surface area contributed by atoms with Crippen LogP contribution in [0.4, 0.5) is 10.8 Å². The molecule has 0 saturated carbocycles. The summed E-state index contributed by atoms with van der Waals surface area (Å²) in [5.41, 5.74) is 7.23. The predicted molar refractivity (Wildman–Crippen MR) is 82.5 cm³/mol. The van der Waals surface area contributed by atoms with E-state index in [0.29, 0.717) is 17.4 Å². The smallest absolute Gasteiger partial charge is 0.252 e. The van der Waals surface area contributed by atoms with Gasteiger partial charge >= 0.3 is 0 Å². The van der Waals surface area contributed by atoms with E-state index in [-0.39, 0.29) is 18.6 Å². The van der Waals surface area contributed by atoms with E-state index >= 15 is 0 Å². The summed E-state index contributed by atoms with van der Waals surface area (Å²) in [6.07, 6.45) is 2.19. The van der Waals surface area contributed by atoms with Crippen molar-refractivity contribution in [3.05, 3.63) is 18.2 Å². The Labute approximate surface area is 126 Å². The first kappa shape index (κ1) is 14.2. The first-order valence-electron chi connectivity index (χ1n) is 6.86. The highest BCUT2D eigenvalue weighted by atomic mass is 32.1. The average molecular weight is 307 g/mol. The van der Waals surface area contributed by atoms with E-state index in [9.17, 15) is 4.79 Å². The fourth-order valence-corrected chi connectivity index (χ4v) is 3.14. The zero-order valence-corrected chi connectivity index (χ0v) is 12.3. The van der Waals surface area contributed by atoms with Gasteiger partial charge in [-0.2, -0.15) is 0 Å². The third-order valence-electron chi connectivity index (χ3n) is 3.22. The van der Waals surface area contributed by atoms with Gasteiger partial charge in [0.05, 0.1) is 22.9 Å². The number of rotatable bonds is 5. The Bertz CT molecular complexity index is 637. The average Bonchev–Trinajstić information content (AvgIpc) is 3.07. The summed E-state index contributed by atoms with van der Waals surface area (Å²) < 4.78 is 11.7. The van der Waals surface area contributed by atoms with E-state index in [0.717, 1.165) is 29.7 Å². The lowest BCUT2D eigenvalue weighted by Crippen LogP contribution is -2.22. The van der Waals surface area contributed by atoms with Gasteiger partial charge in [-0.25, -0.2) is 4.98 Å². The Balaban J connectivity index is 1.51. The molecule has 1 fully saturated rings. The van der Waals surface area contributed by atoms with Crippen LogP contribution in [0.3, 0.4) is 0 Å². The molecule has 3 rings (SSSR count). The van der Waals surface area contributed by atoms with Crippen LogP contribution in [0.2, 0.25) is 0 Å². The molecule has 1 saturated heterocycles. The number of hydrogen-bond acceptors (Lipinski definition) is 6. The third-order valence-corrected chi connectivity index (χ3v) is 4.15. The van der Waals surface area contributed by atoms with E-state index in [4.69, 9.17) is 15.2 Å². The summed E-state index contributed by atoms with van der Waals surface area (Å²) in [5.74, 6) is -0.208. The lowest BCUT2D eigenvalue weighted by Gasteiger charge is -2.09. The van der Waals surface area contributed by atoms with Gasteiger partial charge in [-0.1, -0.05) is 11.3 Å². The second-order valence-corrected chi connectivity index (χ2v) is 5.98. The van der Waals surface area contributed by atoms with Crippen molar-refractivity contribution < 1.29 is 14.3 Å². The number of fused-ring (bicyclic) bond motifs is 1. The number of amides is 1. The maximum absolute atomic E-state index is 11.8. The largest absolute Gasteiger partial charge is 0.399 e. The van der Waals surface area contributed by atoms with Gasteiger partial charge in [-0.3, -0.25) is 10.1 Å². The number of nitrogens with two attached hydrogens (primary N) is 1. The number of nitrogens with zero attached hydrogens (tertiary/aromatic N) is 1. The first-order valence-corrected chi connectivity index (χ1v) is 7.67. The summed E-state index contributed by atoms with van der Waals surface area (Å²) in [4.78, 5) is 16.1. The number of carbonyl (C=O) groups is 1. The van der Waals surface area contributed by atoms with Crippen molar-refractivity contribution in [2.75, 3.05) is 30.9 Å². The van der Waals surface area contributed by atoms with E-state index < -0.39 is 0 Å². The maximum Gasteiger partial charge on any atom is 0.252 e. The van der Waals surface area contributed by atoms with Crippen LogP contribution < -0.4 is 11.1 Å². The molecule has 6 nitrogen and oxygen atoms in total. The monoisotopic (exact) mass is 307 g/mol. The predicted octanol–water partition coefficient (Wildman–Crippen LogP) is 2.01. The second-order valence-electron chi connectivity index (χ2n) is 4.94. The first-order chi connectivity index (χ1) is 10.2. The quantitative estimate of drug-likeness (QED) is 0.825. The van der Waals surface area contributed by atoms with Crippen molar-refractivity contribution >= 4 is 38.3 Å². The van der Waals surface area contributed by atoms with E-state index in [1.165, 1.54) is 11.3 Å². The summed E-state index contributed by atoms with van der Waals surface area (Å²) in [6.45, 7) is 1.26. The molecule has 1 aliphatic rings. The standard InChI is InChI=1S/C14H17N3O3S/c15-9-3-4-11-12(6-9)21-14(16-11)17-13(18)8-19-7-10-2-1-5-20-10/h3-4,6,10H,1-2,5,7-8,15H2,(H,16,17,18). The van der Waals surface area contributed by atoms with Gasteiger partial charge in [-0.15, -0.1) is 0 Å². The molecule has 2 aromatic rings. The molecule has 1 aliphatic heterocycles. The van der Waals surface area contributed by atoms with Gasteiger partial charge in [0, 0.05) is 12.3 Å². The van der Waals surface area contributed by atoms with Gasteiger partial charge < -0.3 is 15.2 Å². The van der Waals surface area contributed by atoms with Gasteiger partial charge in [0.2, 0.25) is 0 Å². The van der Waals surface area contributed by atoms with E-state index in [1.807, 2.05) is 12.1 Å². The molecular formula is C14H17N3O3S. The summed E-state index contributed by atoms with van der Waals surface area (Å²) in [7, 11) is 0. The minimum absolute atomic E-state index is 0.0118. The summed E-state index contributed by atoms with van der Waals surface area (Å²) in [6, 6.07) is 5.47. The molecule has 1 aromatic carbocycles. The highest BCUT2D eigenvalue weighted by Crippen LogP contribution is 2.27. The van der Waals surface area contributed by atoms with Crippen LogP contribution in [-0.4, -0.2) is 36.8 Å². The highest BCUT2D eigenvalue weighted by Gasteiger charge is 2.16. The normalized spacial score (nSPS) is 18.2. The highest BCUT2D eigenvalue weighted by molar-refractivity contribution is 7.22. The van der Waals surface area contributed by atoms with E-state index in [1.54, 1.807) is 6.07 Å². The number of ether oxygens (including phenoxy) is 2. The topological polar surface area (TPSA) is 86.5 Å². The SMILES string of the molecule is Nc1ccc2nc(NC(=O)COCC3CCCO3)sc2c1. The number of nitrogen functional groups attached to an aromatic ring is 1. The van der Waals surface area contributed by atoms with Gasteiger partial charge in [0.25, 0.3) is 5.91 Å². The molecule has 3 N–H and O–H groups in total. The third kappa shape index (κ3) is 3.69. The van der Waals surface area contributed by atoms with Crippen molar-refractivity contribution in [3.63, 3.8) is 0 Å². The number of anilines is 2. The molecular weight excluding hydrogens is 290 g/mol. The van der Waals surface area contributed by atoms with Gasteiger partial charge in [-0.05, 0) is 31.0 Å². The molecule has 1 atom stereocenters. The Kier molecular flexibility index (Phi) is 4.33. The van der Waals surface area contributed by atoms with Crippen LogP contribution in [0.5, 0.6) is 0 Å². The van der Waals surface area contributed by atoms with Crippen LogP contribution in [0.1, 0.15) is 12.8 Å². The second kappa shape index (κ2) is 6.38. The number of carbonyl (C=O) groups excluding carboxylic acids is 1. The number of thiazole rings is 1. The number of benzene rings is 1. The molecule has 1 aromatic heterocycles. The maximum atomic E-state index is 11.8. The van der Waals surface area contributed by atoms with Crippen LogP contribution in [0.25, 0.3) is 10.2 Å². The van der Waals surface area contributed by atoms with Crippen LogP contribution in [-0.2, 0) is 14.3 Å². The van der Waals surface area contributed by atoms with Crippen LogP contribution in [0.15, 0.2) is 18.2 Å². The molecule has 7 heteroatoms. The number of nitrogens with one attached hydrogen (secondary N) is 1. The van der Waals surface area contributed by atoms with Crippen LogP contribution >= 0.6 is 11.3 Å². The molecule has 1 amide bonds. The lowest BCUT2D eigenvalue weighted by atomic mass is 10.2. The van der Waals surface area contributed by atoms with Crippen molar-refractivity contribution in [3.8, 4) is 0 Å². The van der Waals surface area contributed by atoms with Gasteiger partial charge in [0.15, 0.2) is 5.13 Å². The molecule has 0 radical (unpaired) electrons. The van der Waals surface area contributed by atoms with Gasteiger partial charge in [0.1, 0.15) is 6.61 Å². The summed E-state index contributed by atoms with van der Waals surface area (Å²) >= 11 is 1.40. The minimum atomic E-state index is -0.208. The van der Waals surface area contributed by atoms with Crippen molar-refractivity contribution in [1.29, 1.82) is 0 Å². The zero-order valence-electron chi connectivity index (χ0n) is 11.5. The lowest BCUT2D eigenvalue weighted by molar-refractivity contribution is -0.121. The molecule has 2 heterocycles. The van der Waals surface area contributed by atoms with E-state index in [2.05, 4.69) is 10.3 Å². The Morgan fingerprint density at radius 1 is 1.57 bits per heavy atom. The fourth-order valence-electron chi connectivity index (χ4n) is 2.21. The van der Waals surface area contributed by atoms with Crippen molar-refractivity contribution in [1.82, 2.24) is 4.98 Å². The van der Waals surface area contributed by atoms with Crippen molar-refractivity contribution in [2.45, 2.75) is 18.9 Å². The fraction of sp³-hybridized carbons (Fsp3) is 0.429. The molecule has 112 valence electrons. The molecule has 21 heavy (non-hydrogen) atoms. The number of hydrogen-bond donors (Lipinski definition) is 2. The van der Waals surface area contributed by atoms with Crippen molar-refractivity contribution in [2.24, 2.45) is 0 Å². The molecule has 0 aliphatic carbocycles. The molecule has 1 unspecified atom stereocenters. The number of aromatic nitrogens is 1. The summed E-state index contributed by atoms with van der Waals surface area (Å²) in [5, 5.41) is 3.29. The Morgan fingerprint density at radius 2 is 2.48 bits per heavy atom. The Hall–Kier alpha value is -1.70. The Morgan fingerprint density at radius 3 is 3.29 bits per heavy atom. The zero-order chi connectivity index (χ0) is 14.7. The van der Waals surface area contributed by atoms with Crippen LogP contribution in [0, 0.1) is 0 Å². The minimum Gasteiger partial charge on any atom is -0.399 e. The molecule has 0 spiro atoms.